The molecule has 0 aliphatic carbocycles. The zero-order valence-electron chi connectivity index (χ0n) is 11.3. The van der Waals surface area contributed by atoms with Gasteiger partial charge in [0.15, 0.2) is 0 Å². The maximum absolute atomic E-state index is 12.1. The minimum absolute atomic E-state index is 0.178. The van der Waals surface area contributed by atoms with Gasteiger partial charge in [0.1, 0.15) is 5.82 Å². The number of amides is 2. The van der Waals surface area contributed by atoms with E-state index in [1.54, 1.807) is 36.5 Å². The SMILES string of the molecule is CC(=O)Nc1cccc(C(=O)Nc2cc(C)ccn2)c1. The van der Waals surface area contributed by atoms with Crippen LogP contribution in [0.1, 0.15) is 22.8 Å². The zero-order chi connectivity index (χ0) is 14.5. The third-order valence-corrected chi connectivity index (χ3v) is 2.60. The van der Waals surface area contributed by atoms with Crippen LogP contribution >= 0.6 is 0 Å². The summed E-state index contributed by atoms with van der Waals surface area (Å²) < 4.78 is 0. The van der Waals surface area contributed by atoms with E-state index in [0.29, 0.717) is 17.1 Å². The number of hydrogen-bond acceptors (Lipinski definition) is 3. The summed E-state index contributed by atoms with van der Waals surface area (Å²) in [6.07, 6.45) is 1.64. The molecule has 2 amide bonds. The molecule has 0 unspecified atom stereocenters. The van der Waals surface area contributed by atoms with E-state index in [4.69, 9.17) is 0 Å². The predicted molar refractivity (Wildman–Crippen MR) is 77.7 cm³/mol. The maximum Gasteiger partial charge on any atom is 0.256 e. The number of aromatic nitrogens is 1. The van der Waals surface area contributed by atoms with Crippen molar-refractivity contribution < 1.29 is 9.59 Å². The van der Waals surface area contributed by atoms with Crippen molar-refractivity contribution in [2.24, 2.45) is 0 Å². The molecule has 2 aromatic rings. The minimum Gasteiger partial charge on any atom is -0.326 e. The third-order valence-electron chi connectivity index (χ3n) is 2.60. The number of nitrogens with zero attached hydrogens (tertiary/aromatic N) is 1. The Labute approximate surface area is 117 Å². The molecule has 1 aromatic heterocycles. The van der Waals surface area contributed by atoms with Crippen LogP contribution < -0.4 is 10.6 Å². The van der Waals surface area contributed by atoms with Gasteiger partial charge >= 0.3 is 0 Å². The fourth-order valence-electron chi connectivity index (χ4n) is 1.73. The summed E-state index contributed by atoms with van der Waals surface area (Å²) >= 11 is 0. The quantitative estimate of drug-likeness (QED) is 0.899. The van der Waals surface area contributed by atoms with Gasteiger partial charge in [0.05, 0.1) is 0 Å². The summed E-state index contributed by atoms with van der Waals surface area (Å²) in [5, 5.41) is 5.36. The molecular formula is C15H15N3O2. The first kappa shape index (κ1) is 13.7. The van der Waals surface area contributed by atoms with Crippen molar-refractivity contribution in [1.82, 2.24) is 4.98 Å². The number of rotatable bonds is 3. The second-order valence-electron chi connectivity index (χ2n) is 4.43. The Kier molecular flexibility index (Phi) is 4.10. The fourth-order valence-corrected chi connectivity index (χ4v) is 1.73. The van der Waals surface area contributed by atoms with E-state index >= 15 is 0 Å². The molecule has 0 saturated carbocycles. The zero-order valence-corrected chi connectivity index (χ0v) is 11.3. The van der Waals surface area contributed by atoms with Crippen molar-refractivity contribution in [3.05, 3.63) is 53.7 Å². The monoisotopic (exact) mass is 269 g/mol. The van der Waals surface area contributed by atoms with Crippen LogP contribution in [0.5, 0.6) is 0 Å². The van der Waals surface area contributed by atoms with Gasteiger partial charge in [0.25, 0.3) is 5.91 Å². The lowest BCUT2D eigenvalue weighted by molar-refractivity contribution is -0.114. The van der Waals surface area contributed by atoms with E-state index in [2.05, 4.69) is 15.6 Å². The first-order valence-corrected chi connectivity index (χ1v) is 6.16. The van der Waals surface area contributed by atoms with Crippen molar-refractivity contribution in [3.8, 4) is 0 Å². The van der Waals surface area contributed by atoms with Crippen LogP contribution in [0.4, 0.5) is 11.5 Å². The number of hydrogen-bond donors (Lipinski definition) is 2. The average molecular weight is 269 g/mol. The van der Waals surface area contributed by atoms with Crippen molar-refractivity contribution in [3.63, 3.8) is 0 Å². The number of carbonyl (C=O) groups excluding carboxylic acids is 2. The normalized spacial score (nSPS) is 9.90. The summed E-state index contributed by atoms with van der Waals surface area (Å²) in [5.74, 6) is 0.0538. The van der Waals surface area contributed by atoms with Gasteiger partial charge in [-0.1, -0.05) is 6.07 Å². The molecule has 0 bridgehead atoms. The second kappa shape index (κ2) is 5.97. The molecule has 0 atom stereocenters. The van der Waals surface area contributed by atoms with Gasteiger partial charge < -0.3 is 10.6 Å². The molecule has 102 valence electrons. The largest absolute Gasteiger partial charge is 0.326 e. The van der Waals surface area contributed by atoms with Crippen LogP contribution in [0.25, 0.3) is 0 Å². The molecule has 0 aliphatic rings. The van der Waals surface area contributed by atoms with Gasteiger partial charge in [0, 0.05) is 24.4 Å². The van der Waals surface area contributed by atoms with Crippen molar-refractivity contribution >= 4 is 23.3 Å². The Balaban J connectivity index is 2.15. The van der Waals surface area contributed by atoms with Gasteiger partial charge in [-0.15, -0.1) is 0 Å². The van der Waals surface area contributed by atoms with E-state index in [9.17, 15) is 9.59 Å². The smallest absolute Gasteiger partial charge is 0.256 e. The lowest BCUT2D eigenvalue weighted by Crippen LogP contribution is -2.14. The van der Waals surface area contributed by atoms with Gasteiger partial charge in [-0.25, -0.2) is 4.98 Å². The summed E-state index contributed by atoms with van der Waals surface area (Å²) in [5.41, 5.74) is 2.06. The number of nitrogens with one attached hydrogen (secondary N) is 2. The van der Waals surface area contributed by atoms with Crippen LogP contribution in [-0.2, 0) is 4.79 Å². The van der Waals surface area contributed by atoms with E-state index in [1.165, 1.54) is 6.92 Å². The van der Waals surface area contributed by atoms with Gasteiger partial charge in [-0.3, -0.25) is 9.59 Å². The highest BCUT2D eigenvalue weighted by Crippen LogP contribution is 2.13. The van der Waals surface area contributed by atoms with Crippen molar-refractivity contribution in [1.29, 1.82) is 0 Å². The standard InChI is InChI=1S/C15H15N3O2/c1-10-6-7-16-14(8-10)18-15(20)12-4-3-5-13(9-12)17-11(2)19/h3-9H,1-2H3,(H,17,19)(H,16,18,20). The molecule has 0 radical (unpaired) electrons. The van der Waals surface area contributed by atoms with Gasteiger partial charge in [-0.2, -0.15) is 0 Å². The third kappa shape index (κ3) is 3.65. The Hall–Kier alpha value is -2.69. The topological polar surface area (TPSA) is 71.1 Å². The highest BCUT2D eigenvalue weighted by molar-refractivity contribution is 6.04. The minimum atomic E-state index is -0.268. The molecule has 0 saturated heterocycles. The Morgan fingerprint density at radius 1 is 1.10 bits per heavy atom. The molecule has 5 nitrogen and oxygen atoms in total. The Bertz CT molecular complexity index is 653. The average Bonchev–Trinajstić information content (AvgIpc) is 2.38. The Morgan fingerprint density at radius 3 is 2.60 bits per heavy atom. The highest BCUT2D eigenvalue weighted by atomic mass is 16.2. The van der Waals surface area contributed by atoms with Crippen LogP contribution in [0.15, 0.2) is 42.6 Å². The fraction of sp³-hybridized carbons (Fsp3) is 0.133. The van der Waals surface area contributed by atoms with E-state index < -0.39 is 0 Å². The molecule has 0 fully saturated rings. The number of pyridine rings is 1. The molecule has 20 heavy (non-hydrogen) atoms. The molecule has 1 aromatic carbocycles. The predicted octanol–water partition coefficient (Wildman–Crippen LogP) is 2.60. The summed E-state index contributed by atoms with van der Waals surface area (Å²) in [4.78, 5) is 27.2. The number of benzene rings is 1. The first-order valence-electron chi connectivity index (χ1n) is 6.16. The molecule has 0 aliphatic heterocycles. The number of carbonyl (C=O) groups is 2. The lowest BCUT2D eigenvalue weighted by atomic mass is 10.2. The number of aryl methyl sites for hydroxylation is 1. The van der Waals surface area contributed by atoms with E-state index in [0.717, 1.165) is 5.56 Å². The molecule has 2 rings (SSSR count). The first-order chi connectivity index (χ1) is 9.54. The molecule has 5 heteroatoms. The Morgan fingerprint density at radius 2 is 1.90 bits per heavy atom. The summed E-state index contributed by atoms with van der Waals surface area (Å²) in [6.45, 7) is 3.35. The molecule has 0 spiro atoms. The second-order valence-corrected chi connectivity index (χ2v) is 4.43. The van der Waals surface area contributed by atoms with Crippen molar-refractivity contribution in [2.45, 2.75) is 13.8 Å². The van der Waals surface area contributed by atoms with Crippen LogP contribution in [-0.4, -0.2) is 16.8 Å². The maximum atomic E-state index is 12.1. The van der Waals surface area contributed by atoms with Crippen molar-refractivity contribution in [2.75, 3.05) is 10.6 Å². The van der Waals surface area contributed by atoms with Gasteiger partial charge in [0.2, 0.25) is 5.91 Å². The number of anilines is 2. The molecule has 1 heterocycles. The van der Waals surface area contributed by atoms with Crippen LogP contribution in [0.2, 0.25) is 0 Å². The van der Waals surface area contributed by atoms with Crippen LogP contribution in [0.3, 0.4) is 0 Å². The van der Waals surface area contributed by atoms with E-state index in [1.807, 2.05) is 13.0 Å². The summed E-state index contributed by atoms with van der Waals surface area (Å²) in [7, 11) is 0. The van der Waals surface area contributed by atoms with E-state index in [-0.39, 0.29) is 11.8 Å². The van der Waals surface area contributed by atoms with Crippen LogP contribution in [0, 0.1) is 6.92 Å². The molecular weight excluding hydrogens is 254 g/mol. The highest BCUT2D eigenvalue weighted by Gasteiger charge is 2.08. The lowest BCUT2D eigenvalue weighted by Gasteiger charge is -2.07. The van der Waals surface area contributed by atoms with Gasteiger partial charge in [-0.05, 0) is 42.8 Å². The summed E-state index contributed by atoms with van der Waals surface area (Å²) in [6, 6.07) is 10.4. The molecule has 2 N–H and O–H groups in total.